The van der Waals surface area contributed by atoms with Gasteiger partial charge in [0.05, 0.1) is 12.1 Å². The Bertz CT molecular complexity index is 420. The Kier molecular flexibility index (Phi) is 4.36. The molecule has 1 N–H and O–H groups in total. The topological polar surface area (TPSA) is 52.0 Å². The summed E-state index contributed by atoms with van der Waals surface area (Å²) in [6, 6.07) is 0.559. The fraction of sp³-hybridized carbons (Fsp3) is 0.867. The fourth-order valence-corrected chi connectivity index (χ4v) is 3.66. The molecule has 2 heterocycles. The van der Waals surface area contributed by atoms with Crippen LogP contribution in [0.3, 0.4) is 0 Å². The van der Waals surface area contributed by atoms with E-state index in [1.807, 2.05) is 6.33 Å². The highest BCUT2D eigenvalue weighted by atomic mass is 16.5. The van der Waals surface area contributed by atoms with E-state index < -0.39 is 0 Å². The van der Waals surface area contributed by atoms with Crippen LogP contribution < -0.4 is 5.32 Å². The zero-order chi connectivity index (χ0) is 13.8. The van der Waals surface area contributed by atoms with E-state index in [9.17, 15) is 0 Å². The van der Waals surface area contributed by atoms with Crippen molar-refractivity contribution in [2.24, 2.45) is 0 Å². The van der Waals surface area contributed by atoms with Crippen molar-refractivity contribution in [3.63, 3.8) is 0 Å². The Morgan fingerprint density at radius 2 is 2.25 bits per heavy atom. The molecule has 20 heavy (non-hydrogen) atoms. The molecule has 3 rings (SSSR count). The highest BCUT2D eigenvalue weighted by Gasteiger charge is 2.38. The number of aromatic nitrogens is 3. The van der Waals surface area contributed by atoms with Crippen LogP contribution in [-0.2, 0) is 17.8 Å². The van der Waals surface area contributed by atoms with E-state index in [1.165, 1.54) is 32.1 Å². The van der Waals surface area contributed by atoms with Crippen molar-refractivity contribution in [3.05, 3.63) is 12.2 Å². The first-order chi connectivity index (χ1) is 9.81. The molecule has 1 atom stereocenters. The summed E-state index contributed by atoms with van der Waals surface area (Å²) in [6.45, 7) is 4.77. The predicted octanol–water partition coefficient (Wildman–Crippen LogP) is 2.27. The van der Waals surface area contributed by atoms with Crippen molar-refractivity contribution in [2.75, 3.05) is 6.61 Å². The van der Waals surface area contributed by atoms with Gasteiger partial charge in [-0.05, 0) is 32.6 Å². The Balaban J connectivity index is 1.55. The first-order valence-corrected chi connectivity index (χ1v) is 8.05. The zero-order valence-corrected chi connectivity index (χ0v) is 12.5. The minimum Gasteiger partial charge on any atom is -0.375 e. The van der Waals surface area contributed by atoms with Crippen LogP contribution in [0.2, 0.25) is 0 Å². The molecule has 0 amide bonds. The first-order valence-electron chi connectivity index (χ1n) is 8.05. The van der Waals surface area contributed by atoms with Crippen LogP contribution in [-0.4, -0.2) is 33.0 Å². The van der Waals surface area contributed by atoms with Gasteiger partial charge >= 0.3 is 0 Å². The van der Waals surface area contributed by atoms with Crippen LogP contribution in [0, 0.1) is 0 Å². The molecule has 1 aliphatic carbocycles. The third-order valence-corrected chi connectivity index (χ3v) is 4.84. The van der Waals surface area contributed by atoms with E-state index in [0.29, 0.717) is 6.04 Å². The number of ether oxygens (including phenoxy) is 1. The summed E-state index contributed by atoms with van der Waals surface area (Å²) in [5, 5.41) is 11.8. The molecule has 1 unspecified atom stereocenters. The molecule has 1 saturated carbocycles. The summed E-state index contributed by atoms with van der Waals surface area (Å²) >= 11 is 0. The molecule has 1 aromatic heterocycles. The summed E-state index contributed by atoms with van der Waals surface area (Å²) in [6.07, 6.45) is 10.6. The minimum absolute atomic E-state index is 0.173. The molecule has 0 bridgehead atoms. The lowest BCUT2D eigenvalue weighted by Gasteiger charge is -2.43. The highest BCUT2D eigenvalue weighted by molar-refractivity contribution is 4.93. The highest BCUT2D eigenvalue weighted by Crippen LogP contribution is 2.38. The number of nitrogens with zero attached hydrogens (tertiary/aromatic N) is 3. The lowest BCUT2D eigenvalue weighted by atomic mass is 9.78. The van der Waals surface area contributed by atoms with Gasteiger partial charge in [-0.2, -0.15) is 0 Å². The lowest BCUT2D eigenvalue weighted by molar-refractivity contribution is -0.109. The molecular formula is C15H26N4O. The number of rotatable bonds is 4. The van der Waals surface area contributed by atoms with Gasteiger partial charge in [-0.15, -0.1) is 10.2 Å². The van der Waals surface area contributed by atoms with Gasteiger partial charge in [-0.1, -0.05) is 19.3 Å². The second-order valence-corrected chi connectivity index (χ2v) is 6.20. The summed E-state index contributed by atoms with van der Waals surface area (Å²) in [7, 11) is 0. The monoisotopic (exact) mass is 278 g/mol. The lowest BCUT2D eigenvalue weighted by Crippen LogP contribution is -2.48. The van der Waals surface area contributed by atoms with E-state index in [-0.39, 0.29) is 5.60 Å². The second kappa shape index (κ2) is 6.22. The molecule has 1 saturated heterocycles. The van der Waals surface area contributed by atoms with Gasteiger partial charge in [0.25, 0.3) is 0 Å². The predicted molar refractivity (Wildman–Crippen MR) is 77.3 cm³/mol. The second-order valence-electron chi connectivity index (χ2n) is 6.20. The minimum atomic E-state index is 0.173. The Labute approximate surface area is 121 Å². The molecule has 2 aliphatic rings. The third-order valence-electron chi connectivity index (χ3n) is 4.84. The normalized spacial score (nSPS) is 25.9. The quantitative estimate of drug-likeness (QED) is 0.918. The number of hydrogen-bond acceptors (Lipinski definition) is 4. The SMILES string of the molecule is CCn1cnnc1CNC1CCOC2(CCCCC2)C1. The van der Waals surface area contributed by atoms with Gasteiger partial charge in [0.1, 0.15) is 12.2 Å². The molecule has 0 aromatic carbocycles. The maximum Gasteiger partial charge on any atom is 0.146 e. The average Bonchev–Trinajstić information content (AvgIpc) is 2.93. The van der Waals surface area contributed by atoms with Crippen LogP contribution in [0.15, 0.2) is 6.33 Å². The van der Waals surface area contributed by atoms with E-state index in [0.717, 1.165) is 38.4 Å². The van der Waals surface area contributed by atoms with Gasteiger partial charge in [0.2, 0.25) is 0 Å². The number of hydrogen-bond donors (Lipinski definition) is 1. The van der Waals surface area contributed by atoms with E-state index >= 15 is 0 Å². The molecule has 0 radical (unpaired) electrons. The Hall–Kier alpha value is -0.940. The summed E-state index contributed by atoms with van der Waals surface area (Å²) < 4.78 is 8.25. The van der Waals surface area contributed by atoms with Gasteiger partial charge in [-0.3, -0.25) is 0 Å². The number of nitrogens with one attached hydrogen (secondary N) is 1. The van der Waals surface area contributed by atoms with Crippen LogP contribution >= 0.6 is 0 Å². The fourth-order valence-electron chi connectivity index (χ4n) is 3.66. The molecule has 1 aliphatic heterocycles. The standard InChI is InChI=1S/C15H26N4O/c1-2-19-12-17-18-14(19)11-16-13-6-9-20-15(10-13)7-4-3-5-8-15/h12-13,16H,2-11H2,1H3. The van der Waals surface area contributed by atoms with Crippen LogP contribution in [0.1, 0.15) is 57.7 Å². The van der Waals surface area contributed by atoms with Gasteiger partial charge in [0, 0.05) is 19.2 Å². The maximum atomic E-state index is 6.15. The zero-order valence-electron chi connectivity index (χ0n) is 12.5. The molecule has 5 nitrogen and oxygen atoms in total. The van der Waals surface area contributed by atoms with Gasteiger partial charge in [-0.25, -0.2) is 0 Å². The molecule has 1 aromatic rings. The Morgan fingerprint density at radius 3 is 3.05 bits per heavy atom. The van der Waals surface area contributed by atoms with Crippen molar-refractivity contribution in [1.82, 2.24) is 20.1 Å². The number of aryl methyl sites for hydroxylation is 1. The van der Waals surface area contributed by atoms with Crippen molar-refractivity contribution >= 4 is 0 Å². The maximum absolute atomic E-state index is 6.15. The van der Waals surface area contributed by atoms with Crippen LogP contribution in [0.5, 0.6) is 0 Å². The Morgan fingerprint density at radius 1 is 1.40 bits per heavy atom. The summed E-state index contributed by atoms with van der Waals surface area (Å²) in [5.74, 6) is 1.04. The molecule has 5 heteroatoms. The van der Waals surface area contributed by atoms with Crippen molar-refractivity contribution in [2.45, 2.75) is 76.6 Å². The van der Waals surface area contributed by atoms with Crippen molar-refractivity contribution in [3.8, 4) is 0 Å². The van der Waals surface area contributed by atoms with E-state index in [2.05, 4.69) is 27.0 Å². The largest absolute Gasteiger partial charge is 0.375 e. The van der Waals surface area contributed by atoms with Gasteiger partial charge < -0.3 is 14.6 Å². The van der Waals surface area contributed by atoms with E-state index in [1.54, 1.807) is 0 Å². The summed E-state index contributed by atoms with van der Waals surface area (Å²) in [4.78, 5) is 0. The van der Waals surface area contributed by atoms with Crippen LogP contribution in [0.4, 0.5) is 0 Å². The molecule has 112 valence electrons. The first kappa shape index (κ1) is 14.0. The van der Waals surface area contributed by atoms with Crippen molar-refractivity contribution in [1.29, 1.82) is 0 Å². The smallest absolute Gasteiger partial charge is 0.146 e. The van der Waals surface area contributed by atoms with Crippen LogP contribution in [0.25, 0.3) is 0 Å². The average molecular weight is 278 g/mol. The van der Waals surface area contributed by atoms with E-state index in [4.69, 9.17) is 4.74 Å². The summed E-state index contributed by atoms with van der Waals surface area (Å²) in [5.41, 5.74) is 0.173. The van der Waals surface area contributed by atoms with Gasteiger partial charge in [0.15, 0.2) is 0 Å². The third kappa shape index (κ3) is 3.04. The molecule has 2 fully saturated rings. The molecule has 1 spiro atoms. The molecular weight excluding hydrogens is 252 g/mol. The van der Waals surface area contributed by atoms with Crippen molar-refractivity contribution < 1.29 is 4.74 Å².